The average molecular weight is 335 g/mol. The number of likely N-dealkylation sites (N-methyl/N-ethyl adjacent to an activating group) is 1. The Kier molecular flexibility index (Phi) is 5.26. The number of carbonyl (C=O) groups excluding carboxylic acids is 1. The average Bonchev–Trinajstić information content (AvgIpc) is 3.12. The molecule has 128 valence electrons. The zero-order chi connectivity index (χ0) is 17.6. The molecule has 0 unspecified atom stereocenters. The van der Waals surface area contributed by atoms with Crippen LogP contribution in [-0.2, 0) is 0 Å². The second kappa shape index (κ2) is 7.77. The Morgan fingerprint density at radius 3 is 2.36 bits per heavy atom. The van der Waals surface area contributed by atoms with Crippen molar-refractivity contribution in [3.05, 3.63) is 78.0 Å². The maximum atomic E-state index is 12.7. The minimum Gasteiger partial charge on any atom is -0.338 e. The fraction of sp³-hybridized carbons (Fsp3) is 0.200. The van der Waals surface area contributed by atoms with Crippen LogP contribution in [0.4, 0.5) is 0 Å². The van der Waals surface area contributed by atoms with Crippen molar-refractivity contribution in [3.63, 3.8) is 0 Å². The summed E-state index contributed by atoms with van der Waals surface area (Å²) in [5.74, 6) is -0.148. The van der Waals surface area contributed by atoms with Crippen molar-refractivity contribution < 1.29 is 9.69 Å². The van der Waals surface area contributed by atoms with E-state index in [9.17, 15) is 4.79 Å². The monoisotopic (exact) mass is 335 g/mol. The zero-order valence-electron chi connectivity index (χ0n) is 14.5. The third-order valence-corrected chi connectivity index (χ3v) is 4.01. The highest BCUT2D eigenvalue weighted by atomic mass is 16.2. The summed E-state index contributed by atoms with van der Waals surface area (Å²) in [7, 11) is 4.15. The van der Waals surface area contributed by atoms with Gasteiger partial charge in [-0.2, -0.15) is 5.10 Å². The van der Waals surface area contributed by atoms with Gasteiger partial charge in [0.15, 0.2) is 0 Å². The fourth-order valence-electron chi connectivity index (χ4n) is 2.78. The van der Waals surface area contributed by atoms with Gasteiger partial charge in [-0.25, -0.2) is 0 Å². The smallest absolute Gasteiger partial charge is 0.269 e. The van der Waals surface area contributed by atoms with Gasteiger partial charge in [0.25, 0.3) is 5.91 Å². The third kappa shape index (κ3) is 4.33. The molecule has 25 heavy (non-hydrogen) atoms. The fourth-order valence-corrected chi connectivity index (χ4v) is 2.78. The van der Waals surface area contributed by atoms with Gasteiger partial charge in [-0.15, -0.1) is 0 Å². The molecule has 0 radical (unpaired) electrons. The van der Waals surface area contributed by atoms with Gasteiger partial charge in [-0.3, -0.25) is 9.89 Å². The van der Waals surface area contributed by atoms with E-state index in [1.807, 2.05) is 60.7 Å². The first-order chi connectivity index (χ1) is 12.1. The van der Waals surface area contributed by atoms with E-state index in [-0.39, 0.29) is 11.9 Å². The molecule has 1 amide bonds. The lowest BCUT2D eigenvalue weighted by Crippen LogP contribution is -3.06. The second-order valence-corrected chi connectivity index (χ2v) is 6.38. The van der Waals surface area contributed by atoms with E-state index in [2.05, 4.69) is 29.6 Å². The predicted molar refractivity (Wildman–Crippen MR) is 98.4 cm³/mol. The lowest BCUT2D eigenvalue weighted by atomic mass is 10.1. The molecule has 1 heterocycles. The van der Waals surface area contributed by atoms with Gasteiger partial charge in [-0.05, 0) is 11.6 Å². The minimum absolute atomic E-state index is 0.0535. The molecule has 3 N–H and O–H groups in total. The maximum Gasteiger partial charge on any atom is 0.269 e. The molecule has 0 aliphatic carbocycles. The lowest BCUT2D eigenvalue weighted by molar-refractivity contribution is -0.860. The zero-order valence-corrected chi connectivity index (χ0v) is 14.5. The molecule has 0 spiro atoms. The van der Waals surface area contributed by atoms with E-state index >= 15 is 0 Å². The molecule has 2 aromatic carbocycles. The van der Waals surface area contributed by atoms with E-state index in [1.54, 1.807) is 6.07 Å². The van der Waals surface area contributed by atoms with Crippen molar-refractivity contribution in [1.29, 1.82) is 0 Å². The molecule has 3 rings (SSSR count). The number of rotatable bonds is 6. The summed E-state index contributed by atoms with van der Waals surface area (Å²) in [6.07, 6.45) is 0. The molecule has 0 aliphatic heterocycles. The molecule has 5 nitrogen and oxygen atoms in total. The van der Waals surface area contributed by atoms with E-state index in [0.717, 1.165) is 23.4 Å². The molecular formula is C20H23N4O+. The lowest BCUT2D eigenvalue weighted by Gasteiger charge is -2.20. The van der Waals surface area contributed by atoms with Gasteiger partial charge in [0, 0.05) is 5.56 Å². The van der Waals surface area contributed by atoms with Crippen LogP contribution in [0.1, 0.15) is 22.1 Å². The third-order valence-electron chi connectivity index (χ3n) is 4.01. The van der Waals surface area contributed by atoms with E-state index in [0.29, 0.717) is 5.69 Å². The number of hydrogen-bond donors (Lipinski definition) is 3. The van der Waals surface area contributed by atoms with Crippen LogP contribution in [0.2, 0.25) is 0 Å². The Bertz CT molecular complexity index is 812. The highest BCUT2D eigenvalue weighted by molar-refractivity contribution is 5.93. The first-order valence-corrected chi connectivity index (χ1v) is 8.39. The predicted octanol–water partition coefficient (Wildman–Crippen LogP) is 1.69. The summed E-state index contributed by atoms with van der Waals surface area (Å²) < 4.78 is 0. The number of hydrogen-bond acceptors (Lipinski definition) is 2. The number of quaternary nitrogens is 1. The van der Waals surface area contributed by atoms with Crippen molar-refractivity contribution in [1.82, 2.24) is 15.5 Å². The first-order valence-electron chi connectivity index (χ1n) is 8.39. The molecule has 1 aromatic heterocycles. The van der Waals surface area contributed by atoms with Crippen LogP contribution in [-0.4, -0.2) is 36.7 Å². The van der Waals surface area contributed by atoms with Gasteiger partial charge in [0.05, 0.1) is 19.8 Å². The number of H-pyrrole nitrogens is 1. The van der Waals surface area contributed by atoms with Gasteiger partial charge >= 0.3 is 0 Å². The standard InChI is InChI=1S/C20H22N4O/c1-24(2)14-19(16-11-7-4-8-12-16)21-20(25)18-13-17(22-23-18)15-9-5-3-6-10-15/h3-13,19H,14H2,1-2H3,(H,21,25)(H,22,23)/p+1/t19-/m0/s1. The maximum absolute atomic E-state index is 12.7. The Hall–Kier alpha value is -2.92. The van der Waals surface area contributed by atoms with Gasteiger partial charge < -0.3 is 10.2 Å². The number of amides is 1. The highest BCUT2D eigenvalue weighted by Crippen LogP contribution is 2.17. The summed E-state index contributed by atoms with van der Waals surface area (Å²) in [6, 6.07) is 21.6. The Labute approximate surface area is 147 Å². The Morgan fingerprint density at radius 1 is 1.08 bits per heavy atom. The number of nitrogens with one attached hydrogen (secondary N) is 3. The van der Waals surface area contributed by atoms with Crippen LogP contribution in [0.25, 0.3) is 11.3 Å². The SMILES string of the molecule is C[NH+](C)C[C@H](NC(=O)c1cc(-c2ccccc2)n[nH]1)c1ccccc1. The summed E-state index contributed by atoms with van der Waals surface area (Å²) in [4.78, 5) is 13.9. The molecule has 0 bridgehead atoms. The second-order valence-electron chi connectivity index (χ2n) is 6.38. The topological polar surface area (TPSA) is 62.2 Å². The quantitative estimate of drug-likeness (QED) is 0.642. The van der Waals surface area contributed by atoms with Gasteiger partial charge in [-0.1, -0.05) is 60.7 Å². The van der Waals surface area contributed by atoms with Crippen molar-refractivity contribution in [2.75, 3.05) is 20.6 Å². The van der Waals surface area contributed by atoms with E-state index < -0.39 is 0 Å². The Morgan fingerprint density at radius 2 is 1.72 bits per heavy atom. The minimum atomic E-state index is -0.148. The van der Waals surface area contributed by atoms with Crippen LogP contribution in [0.3, 0.4) is 0 Å². The van der Waals surface area contributed by atoms with Crippen molar-refractivity contribution >= 4 is 5.91 Å². The molecule has 0 saturated heterocycles. The van der Waals surface area contributed by atoms with Gasteiger partial charge in [0.1, 0.15) is 18.3 Å². The van der Waals surface area contributed by atoms with Crippen LogP contribution >= 0.6 is 0 Å². The number of aromatic nitrogens is 2. The molecule has 1 atom stereocenters. The summed E-state index contributed by atoms with van der Waals surface area (Å²) in [6.45, 7) is 0.801. The number of aromatic amines is 1. The summed E-state index contributed by atoms with van der Waals surface area (Å²) >= 11 is 0. The van der Waals surface area contributed by atoms with Crippen LogP contribution in [0, 0.1) is 0 Å². The van der Waals surface area contributed by atoms with Crippen LogP contribution < -0.4 is 10.2 Å². The summed E-state index contributed by atoms with van der Waals surface area (Å²) in [5, 5.41) is 10.2. The number of benzene rings is 2. The Balaban J connectivity index is 1.77. The largest absolute Gasteiger partial charge is 0.338 e. The van der Waals surface area contributed by atoms with Crippen molar-refractivity contribution in [2.24, 2.45) is 0 Å². The molecular weight excluding hydrogens is 312 g/mol. The molecule has 0 aliphatic rings. The highest BCUT2D eigenvalue weighted by Gasteiger charge is 2.20. The molecule has 0 saturated carbocycles. The van der Waals surface area contributed by atoms with Gasteiger partial charge in [0.2, 0.25) is 0 Å². The first kappa shape index (κ1) is 16.9. The molecule has 0 fully saturated rings. The van der Waals surface area contributed by atoms with Crippen LogP contribution in [0.15, 0.2) is 66.7 Å². The van der Waals surface area contributed by atoms with Crippen LogP contribution in [0.5, 0.6) is 0 Å². The molecule has 3 aromatic rings. The van der Waals surface area contributed by atoms with E-state index in [1.165, 1.54) is 4.90 Å². The van der Waals surface area contributed by atoms with Crippen molar-refractivity contribution in [2.45, 2.75) is 6.04 Å². The van der Waals surface area contributed by atoms with Crippen molar-refractivity contribution in [3.8, 4) is 11.3 Å². The normalized spacial score (nSPS) is 12.1. The van der Waals surface area contributed by atoms with E-state index in [4.69, 9.17) is 0 Å². The summed E-state index contributed by atoms with van der Waals surface area (Å²) in [5.41, 5.74) is 3.31. The number of nitrogens with zero attached hydrogens (tertiary/aromatic N) is 1. The molecule has 5 heteroatoms. The number of carbonyl (C=O) groups is 1.